The van der Waals surface area contributed by atoms with Crippen molar-refractivity contribution in [3.63, 3.8) is 0 Å². The van der Waals surface area contributed by atoms with Gasteiger partial charge in [0.15, 0.2) is 0 Å². The van der Waals surface area contributed by atoms with Crippen molar-refractivity contribution < 1.29 is 0 Å². The molecule has 0 spiro atoms. The van der Waals surface area contributed by atoms with Crippen LogP contribution in [0.25, 0.3) is 86.5 Å². The van der Waals surface area contributed by atoms with Gasteiger partial charge in [-0.05, 0) is 0 Å². The van der Waals surface area contributed by atoms with Crippen LogP contribution in [0.4, 0.5) is 0 Å². The van der Waals surface area contributed by atoms with Gasteiger partial charge in [-0.1, -0.05) is 36.4 Å². The summed E-state index contributed by atoms with van der Waals surface area (Å²) < 4.78 is 2.92. The molecule has 0 unspecified atom stereocenters. The molecule has 4 heteroatoms. The topological polar surface area (TPSA) is 38.7 Å². The summed E-state index contributed by atoms with van der Waals surface area (Å²) in [6, 6.07) is 57.8. The zero-order valence-electron chi connectivity index (χ0n) is 25.3. The standard InChI is InChI=1S/C43H27N3Se/c1-4-13-28(14-5-1)34-20-11-23-37-38-24-12-22-36(40(38)47-39(34)37)35-21-10-19-31-27-32(25-26-33(31)35)43-45-41(29-15-6-2-7-16-29)44-42(46-43)30-17-8-3-9-18-30/h1-27H. The molecule has 47 heavy (non-hydrogen) atoms. The van der Waals surface area contributed by atoms with Crippen LogP contribution in [-0.2, 0) is 0 Å². The monoisotopic (exact) mass is 665 g/mol. The molecular formula is C43H27N3Se. The van der Waals surface area contributed by atoms with E-state index < -0.39 is 0 Å². The van der Waals surface area contributed by atoms with Gasteiger partial charge in [-0.3, -0.25) is 0 Å². The minimum Gasteiger partial charge on any atom is -0.0615 e. The Balaban J connectivity index is 1.19. The normalized spacial score (nSPS) is 11.4. The summed E-state index contributed by atoms with van der Waals surface area (Å²) >= 11 is 0.183. The number of aromatic nitrogens is 3. The van der Waals surface area contributed by atoms with Gasteiger partial charge >= 0.3 is 243 Å². The average Bonchev–Trinajstić information content (AvgIpc) is 3.55. The molecule has 0 amide bonds. The first-order valence-electron chi connectivity index (χ1n) is 15.7. The Morgan fingerprint density at radius 1 is 0.319 bits per heavy atom. The Labute approximate surface area is 278 Å². The summed E-state index contributed by atoms with van der Waals surface area (Å²) in [6.45, 7) is 0. The number of hydrogen-bond acceptors (Lipinski definition) is 3. The van der Waals surface area contributed by atoms with Gasteiger partial charge in [0.2, 0.25) is 0 Å². The van der Waals surface area contributed by atoms with E-state index in [1.165, 1.54) is 46.9 Å². The van der Waals surface area contributed by atoms with Crippen molar-refractivity contribution in [1.29, 1.82) is 0 Å². The van der Waals surface area contributed by atoms with Crippen molar-refractivity contribution in [3.05, 3.63) is 164 Å². The Hall–Kier alpha value is -5.67. The summed E-state index contributed by atoms with van der Waals surface area (Å²) in [7, 11) is 0. The number of benzene rings is 7. The van der Waals surface area contributed by atoms with Crippen molar-refractivity contribution in [2.45, 2.75) is 0 Å². The molecule has 0 atom stereocenters. The summed E-state index contributed by atoms with van der Waals surface area (Å²) in [5, 5.41) is 5.11. The van der Waals surface area contributed by atoms with Crippen LogP contribution in [-0.4, -0.2) is 29.5 Å². The third-order valence-corrected chi connectivity index (χ3v) is 11.4. The Morgan fingerprint density at radius 2 is 0.809 bits per heavy atom. The molecule has 7 aromatic carbocycles. The molecular weight excluding hydrogens is 637 g/mol. The fourth-order valence-corrected chi connectivity index (χ4v) is 9.33. The van der Waals surface area contributed by atoms with Crippen LogP contribution in [0, 0.1) is 0 Å². The molecule has 2 aromatic heterocycles. The second-order valence-electron chi connectivity index (χ2n) is 11.6. The number of fused-ring (bicyclic) bond motifs is 4. The van der Waals surface area contributed by atoms with Gasteiger partial charge in [-0.25, -0.2) is 0 Å². The van der Waals surface area contributed by atoms with Crippen molar-refractivity contribution in [2.24, 2.45) is 0 Å². The quantitative estimate of drug-likeness (QED) is 0.172. The Kier molecular flexibility index (Phi) is 6.82. The molecule has 9 aromatic rings. The second kappa shape index (κ2) is 11.6. The van der Waals surface area contributed by atoms with Crippen LogP contribution in [0.5, 0.6) is 0 Å². The van der Waals surface area contributed by atoms with E-state index in [4.69, 9.17) is 15.0 Å². The van der Waals surface area contributed by atoms with Crippen molar-refractivity contribution in [2.75, 3.05) is 0 Å². The minimum absolute atomic E-state index is 0.183. The third kappa shape index (κ3) is 4.96. The first-order valence-corrected chi connectivity index (χ1v) is 17.4. The smallest absolute Gasteiger partial charge is 0.0615 e. The van der Waals surface area contributed by atoms with Crippen LogP contribution in [0.2, 0.25) is 0 Å². The summed E-state index contributed by atoms with van der Waals surface area (Å²) in [4.78, 5) is 14.8. The van der Waals surface area contributed by atoms with Crippen molar-refractivity contribution in [1.82, 2.24) is 15.0 Å². The molecule has 0 aliphatic heterocycles. The molecule has 220 valence electrons. The van der Waals surface area contributed by atoms with E-state index in [-0.39, 0.29) is 14.5 Å². The van der Waals surface area contributed by atoms with Gasteiger partial charge in [-0.2, -0.15) is 0 Å². The summed E-state index contributed by atoms with van der Waals surface area (Å²) in [6.07, 6.45) is 0. The molecule has 2 heterocycles. The molecule has 0 aliphatic carbocycles. The zero-order valence-corrected chi connectivity index (χ0v) is 27.1. The number of nitrogens with zero attached hydrogens (tertiary/aromatic N) is 3. The molecule has 3 nitrogen and oxygen atoms in total. The van der Waals surface area contributed by atoms with E-state index in [1.807, 2.05) is 60.7 Å². The van der Waals surface area contributed by atoms with Crippen LogP contribution in [0.3, 0.4) is 0 Å². The Bertz CT molecular complexity index is 2500. The summed E-state index contributed by atoms with van der Waals surface area (Å²) in [5.74, 6) is 2.00. The molecule has 0 bridgehead atoms. The average molecular weight is 665 g/mol. The molecule has 0 aliphatic rings. The maximum absolute atomic E-state index is 4.97. The SMILES string of the molecule is c1ccc(-c2nc(-c3ccccc3)nc(-c3ccc4c(-c5cccc6c5[se]c5c(-c7ccccc7)cccc56)cccc4c3)n2)cc1. The van der Waals surface area contributed by atoms with E-state index in [1.54, 1.807) is 0 Å². The molecule has 0 radical (unpaired) electrons. The first kappa shape index (κ1) is 27.6. The van der Waals surface area contributed by atoms with Gasteiger partial charge in [0.1, 0.15) is 0 Å². The molecule has 0 N–H and O–H groups in total. The predicted octanol–water partition coefficient (Wildman–Crippen LogP) is 10.7. The minimum atomic E-state index is 0.183. The Morgan fingerprint density at radius 3 is 1.43 bits per heavy atom. The van der Waals surface area contributed by atoms with Gasteiger partial charge in [0, 0.05) is 0 Å². The number of rotatable bonds is 5. The predicted molar refractivity (Wildman–Crippen MR) is 196 cm³/mol. The summed E-state index contributed by atoms with van der Waals surface area (Å²) in [5.41, 5.74) is 8.09. The second-order valence-corrected chi connectivity index (χ2v) is 13.8. The molecule has 0 saturated carbocycles. The molecule has 9 rings (SSSR count). The maximum atomic E-state index is 4.97. The van der Waals surface area contributed by atoms with E-state index in [0.29, 0.717) is 17.5 Å². The van der Waals surface area contributed by atoms with Gasteiger partial charge in [0.05, 0.1) is 0 Å². The first-order chi connectivity index (χ1) is 23.3. The van der Waals surface area contributed by atoms with Crippen LogP contribution >= 0.6 is 0 Å². The van der Waals surface area contributed by atoms with Crippen LogP contribution in [0.1, 0.15) is 0 Å². The van der Waals surface area contributed by atoms with Crippen molar-refractivity contribution in [3.8, 4) is 56.4 Å². The molecule has 0 fully saturated rings. The van der Waals surface area contributed by atoms with E-state index in [9.17, 15) is 0 Å². The zero-order chi connectivity index (χ0) is 31.2. The fraction of sp³-hybridized carbons (Fsp3) is 0. The third-order valence-electron chi connectivity index (χ3n) is 8.74. The van der Waals surface area contributed by atoms with E-state index in [2.05, 4.69) is 103 Å². The van der Waals surface area contributed by atoms with Gasteiger partial charge in [0.25, 0.3) is 0 Å². The van der Waals surface area contributed by atoms with Gasteiger partial charge in [-0.15, -0.1) is 0 Å². The van der Waals surface area contributed by atoms with Crippen LogP contribution in [0.15, 0.2) is 164 Å². The number of hydrogen-bond donors (Lipinski definition) is 0. The van der Waals surface area contributed by atoms with E-state index in [0.717, 1.165) is 22.1 Å². The van der Waals surface area contributed by atoms with Crippen molar-refractivity contribution >= 4 is 44.6 Å². The fourth-order valence-electron chi connectivity index (χ4n) is 6.47. The van der Waals surface area contributed by atoms with Gasteiger partial charge < -0.3 is 0 Å². The van der Waals surface area contributed by atoms with Crippen LogP contribution < -0.4 is 0 Å². The van der Waals surface area contributed by atoms with E-state index >= 15 is 0 Å². The molecule has 0 saturated heterocycles.